The molecule has 0 saturated carbocycles. The molecule has 112 valence electrons. The van der Waals surface area contributed by atoms with Crippen molar-refractivity contribution in [3.63, 3.8) is 0 Å². The lowest BCUT2D eigenvalue weighted by Crippen LogP contribution is -2.44. The van der Waals surface area contributed by atoms with Crippen LogP contribution >= 0.6 is 0 Å². The molecular weight excluding hydrogens is 260 g/mol. The van der Waals surface area contributed by atoms with E-state index in [0.29, 0.717) is 18.0 Å². The van der Waals surface area contributed by atoms with Gasteiger partial charge in [0.1, 0.15) is 17.5 Å². The minimum Gasteiger partial charge on any atom is -0.497 e. The maximum Gasteiger partial charge on any atom is 0.241 e. The Morgan fingerprint density at radius 3 is 2.20 bits per heavy atom. The average Bonchev–Trinajstić information content (AvgIpc) is 2.45. The lowest BCUT2D eigenvalue weighted by atomic mass is 10.1. The number of nitrogens with zero attached hydrogens (tertiary/aromatic N) is 1. The Kier molecular flexibility index (Phi) is 6.27. The van der Waals surface area contributed by atoms with E-state index in [1.54, 1.807) is 32.2 Å². The Morgan fingerprint density at radius 2 is 1.75 bits per heavy atom. The van der Waals surface area contributed by atoms with Crippen LogP contribution in [0.2, 0.25) is 0 Å². The van der Waals surface area contributed by atoms with Crippen molar-refractivity contribution >= 4 is 5.91 Å². The Bertz CT molecular complexity index is 429. The number of ether oxygens (including phenoxy) is 3. The number of likely N-dealkylation sites (N-methyl/N-ethyl adjacent to an activating group) is 1. The highest BCUT2D eigenvalue weighted by molar-refractivity contribution is 5.81. The van der Waals surface area contributed by atoms with Gasteiger partial charge in [-0.3, -0.25) is 4.79 Å². The molecule has 20 heavy (non-hydrogen) atoms. The predicted molar refractivity (Wildman–Crippen MR) is 75.9 cm³/mol. The topological polar surface area (TPSA) is 74.0 Å². The Balaban J connectivity index is 2.79. The molecule has 0 aliphatic heterocycles. The van der Waals surface area contributed by atoms with Gasteiger partial charge in [-0.05, 0) is 17.7 Å². The number of amides is 1. The van der Waals surface area contributed by atoms with Crippen LogP contribution in [0.5, 0.6) is 11.5 Å². The Labute approximate surface area is 119 Å². The standard InChI is InChI=1S/C14H22N2O4/c1-16(14(17)13(15)9-18-2)8-10-5-11(19-3)7-12(6-10)20-4/h5-7,13H,8-9,15H2,1-4H3. The maximum atomic E-state index is 12.0. The highest BCUT2D eigenvalue weighted by Gasteiger charge is 2.18. The molecule has 0 aromatic heterocycles. The van der Waals surface area contributed by atoms with Crippen molar-refractivity contribution in [3.05, 3.63) is 23.8 Å². The van der Waals surface area contributed by atoms with Crippen LogP contribution in [-0.4, -0.2) is 51.8 Å². The first-order valence-corrected chi connectivity index (χ1v) is 6.23. The van der Waals surface area contributed by atoms with E-state index in [9.17, 15) is 4.79 Å². The van der Waals surface area contributed by atoms with E-state index in [-0.39, 0.29) is 12.5 Å². The van der Waals surface area contributed by atoms with E-state index in [4.69, 9.17) is 19.9 Å². The van der Waals surface area contributed by atoms with Crippen molar-refractivity contribution < 1.29 is 19.0 Å². The fourth-order valence-electron chi connectivity index (χ4n) is 1.84. The summed E-state index contributed by atoms with van der Waals surface area (Å²) in [5.41, 5.74) is 6.63. The molecule has 6 nitrogen and oxygen atoms in total. The third-order valence-corrected chi connectivity index (χ3v) is 2.87. The van der Waals surface area contributed by atoms with E-state index >= 15 is 0 Å². The summed E-state index contributed by atoms with van der Waals surface area (Å²) in [5.74, 6) is 1.19. The number of carbonyl (C=O) groups is 1. The van der Waals surface area contributed by atoms with Gasteiger partial charge in [-0.1, -0.05) is 0 Å². The SMILES string of the molecule is COCC(N)C(=O)N(C)Cc1cc(OC)cc(OC)c1. The van der Waals surface area contributed by atoms with Crippen molar-refractivity contribution in [1.82, 2.24) is 4.90 Å². The number of rotatable bonds is 7. The second-order valence-corrected chi connectivity index (χ2v) is 4.48. The molecule has 0 saturated heterocycles. The zero-order valence-electron chi connectivity index (χ0n) is 12.4. The average molecular weight is 282 g/mol. The highest BCUT2D eigenvalue weighted by Crippen LogP contribution is 2.23. The maximum absolute atomic E-state index is 12.0. The third kappa shape index (κ3) is 4.40. The third-order valence-electron chi connectivity index (χ3n) is 2.87. The first kappa shape index (κ1) is 16.3. The minimum absolute atomic E-state index is 0.173. The summed E-state index contributed by atoms with van der Waals surface area (Å²) in [6.45, 7) is 0.619. The summed E-state index contributed by atoms with van der Waals surface area (Å²) in [4.78, 5) is 13.6. The van der Waals surface area contributed by atoms with Crippen LogP contribution in [0.4, 0.5) is 0 Å². The summed E-state index contributed by atoms with van der Waals surface area (Å²) >= 11 is 0. The quantitative estimate of drug-likeness (QED) is 0.794. The Morgan fingerprint density at radius 1 is 1.20 bits per heavy atom. The van der Waals surface area contributed by atoms with E-state index in [1.807, 2.05) is 12.1 Å². The van der Waals surface area contributed by atoms with Gasteiger partial charge in [-0.2, -0.15) is 0 Å². The summed E-state index contributed by atoms with van der Waals surface area (Å²) < 4.78 is 15.3. The first-order valence-electron chi connectivity index (χ1n) is 6.23. The van der Waals surface area contributed by atoms with Crippen LogP contribution in [0, 0.1) is 0 Å². The van der Waals surface area contributed by atoms with Gasteiger partial charge in [0.2, 0.25) is 5.91 Å². The largest absolute Gasteiger partial charge is 0.497 e. The van der Waals surface area contributed by atoms with Crippen molar-refractivity contribution in [2.45, 2.75) is 12.6 Å². The molecule has 1 amide bonds. The number of benzene rings is 1. The zero-order valence-corrected chi connectivity index (χ0v) is 12.4. The van der Waals surface area contributed by atoms with Gasteiger partial charge in [0, 0.05) is 26.8 Å². The number of nitrogens with two attached hydrogens (primary N) is 1. The predicted octanol–water partition coefficient (Wildman–Crippen LogP) is 0.636. The van der Waals surface area contributed by atoms with Crippen LogP contribution in [0.3, 0.4) is 0 Å². The van der Waals surface area contributed by atoms with E-state index in [0.717, 1.165) is 5.56 Å². The van der Waals surface area contributed by atoms with Gasteiger partial charge in [-0.25, -0.2) is 0 Å². The molecule has 1 unspecified atom stereocenters. The van der Waals surface area contributed by atoms with Gasteiger partial charge < -0.3 is 24.8 Å². The molecule has 1 rings (SSSR count). The lowest BCUT2D eigenvalue weighted by Gasteiger charge is -2.21. The van der Waals surface area contributed by atoms with Crippen molar-refractivity contribution in [1.29, 1.82) is 0 Å². The van der Waals surface area contributed by atoms with E-state index in [1.165, 1.54) is 7.11 Å². The second kappa shape index (κ2) is 7.72. The number of carbonyl (C=O) groups excluding carboxylic acids is 1. The molecule has 0 aliphatic rings. The minimum atomic E-state index is -0.655. The van der Waals surface area contributed by atoms with Gasteiger partial charge in [0.05, 0.1) is 20.8 Å². The molecule has 0 bridgehead atoms. The summed E-state index contributed by atoms with van der Waals surface area (Å²) in [5, 5.41) is 0. The molecule has 1 aromatic carbocycles. The summed E-state index contributed by atoms with van der Waals surface area (Å²) in [6.07, 6.45) is 0. The van der Waals surface area contributed by atoms with Crippen LogP contribution in [0.15, 0.2) is 18.2 Å². The number of methoxy groups -OCH3 is 3. The summed E-state index contributed by atoms with van der Waals surface area (Å²) in [7, 11) is 6.38. The fourth-order valence-corrected chi connectivity index (χ4v) is 1.84. The van der Waals surface area contributed by atoms with Crippen LogP contribution < -0.4 is 15.2 Å². The van der Waals surface area contributed by atoms with Crippen molar-refractivity contribution in [3.8, 4) is 11.5 Å². The Hall–Kier alpha value is -1.79. The monoisotopic (exact) mass is 282 g/mol. The van der Waals surface area contributed by atoms with Gasteiger partial charge in [0.15, 0.2) is 0 Å². The summed E-state index contributed by atoms with van der Waals surface area (Å²) in [6, 6.07) is 4.84. The van der Waals surface area contributed by atoms with Crippen LogP contribution in [0.1, 0.15) is 5.56 Å². The molecule has 0 radical (unpaired) electrons. The molecule has 6 heteroatoms. The van der Waals surface area contributed by atoms with Gasteiger partial charge in [0.25, 0.3) is 0 Å². The smallest absolute Gasteiger partial charge is 0.241 e. The van der Waals surface area contributed by atoms with E-state index < -0.39 is 6.04 Å². The van der Waals surface area contributed by atoms with Gasteiger partial charge >= 0.3 is 0 Å². The van der Waals surface area contributed by atoms with Crippen LogP contribution in [0.25, 0.3) is 0 Å². The molecular formula is C14H22N2O4. The second-order valence-electron chi connectivity index (χ2n) is 4.48. The zero-order chi connectivity index (χ0) is 15.1. The number of hydrogen-bond donors (Lipinski definition) is 1. The van der Waals surface area contributed by atoms with Crippen molar-refractivity contribution in [2.75, 3.05) is 35.0 Å². The van der Waals surface area contributed by atoms with E-state index in [2.05, 4.69) is 0 Å². The molecule has 1 atom stereocenters. The first-order chi connectivity index (χ1) is 9.51. The molecule has 0 spiro atoms. The normalized spacial score (nSPS) is 11.8. The molecule has 0 fully saturated rings. The van der Waals surface area contributed by atoms with Gasteiger partial charge in [-0.15, -0.1) is 0 Å². The molecule has 0 aliphatic carbocycles. The van der Waals surface area contributed by atoms with Crippen molar-refractivity contribution in [2.24, 2.45) is 5.73 Å². The number of hydrogen-bond acceptors (Lipinski definition) is 5. The molecule has 2 N–H and O–H groups in total. The van der Waals surface area contributed by atoms with Crippen LogP contribution in [-0.2, 0) is 16.1 Å². The highest BCUT2D eigenvalue weighted by atomic mass is 16.5. The lowest BCUT2D eigenvalue weighted by molar-refractivity contribution is -0.133. The fraction of sp³-hybridized carbons (Fsp3) is 0.500. The molecule has 1 aromatic rings. The molecule has 0 heterocycles.